The van der Waals surface area contributed by atoms with E-state index in [1.807, 2.05) is 0 Å². The summed E-state index contributed by atoms with van der Waals surface area (Å²) < 4.78 is 58.4. The Hall–Kier alpha value is -7.01. The number of amidine groups is 1. The zero-order valence-electron chi connectivity index (χ0n) is 36.7. The Bertz CT molecular complexity index is 3370. The first-order valence-corrected chi connectivity index (χ1v) is 25.4. The van der Waals surface area contributed by atoms with Crippen molar-refractivity contribution >= 4 is 70.5 Å². The van der Waals surface area contributed by atoms with Gasteiger partial charge in [-0.15, -0.1) is 0 Å². The molecule has 0 saturated carbocycles. The van der Waals surface area contributed by atoms with Crippen LogP contribution in [0.3, 0.4) is 0 Å². The number of aliphatic imine (C=N–C) groups is 3. The number of nitro benzene ring substituents is 1. The van der Waals surface area contributed by atoms with Crippen LogP contribution in [0.25, 0.3) is 33.4 Å². The monoisotopic (exact) mass is 1050 g/mol. The molecule has 0 bridgehead atoms. The first-order valence-electron chi connectivity index (χ1n) is 20.9. The number of phosphoric acid groups is 3. The van der Waals surface area contributed by atoms with Gasteiger partial charge in [0.1, 0.15) is 41.3 Å². The number of ether oxygens (including phenoxy) is 1. The summed E-state index contributed by atoms with van der Waals surface area (Å²) in [6.45, 7) is 0.484. The number of nitrogens with one attached hydrogen (secondary N) is 2. The van der Waals surface area contributed by atoms with E-state index in [0.29, 0.717) is 16.5 Å². The summed E-state index contributed by atoms with van der Waals surface area (Å²) in [6.07, 6.45) is -1.89. The Kier molecular flexibility index (Phi) is 14.4. The van der Waals surface area contributed by atoms with Crippen LogP contribution in [0, 0.1) is 22.0 Å². The smallest absolute Gasteiger partial charge is 0.490 e. The number of carboxylic acid groups (broad SMARTS) is 1. The number of aromatic hydroxyl groups is 1. The van der Waals surface area contributed by atoms with Gasteiger partial charge in [-0.1, -0.05) is 11.8 Å². The minimum Gasteiger partial charge on any atom is -0.508 e. The average molecular weight is 1050 g/mol. The Morgan fingerprint density at radius 1 is 1.01 bits per heavy atom. The topological polar surface area (TPSA) is 402 Å². The summed E-state index contributed by atoms with van der Waals surface area (Å²) in [6, 6.07) is 14.8. The van der Waals surface area contributed by atoms with Crippen LogP contribution in [0.15, 0.2) is 97.0 Å². The van der Waals surface area contributed by atoms with Crippen LogP contribution >= 0.6 is 23.5 Å². The van der Waals surface area contributed by atoms with Crippen molar-refractivity contribution in [3.63, 3.8) is 0 Å². The third kappa shape index (κ3) is 11.5. The van der Waals surface area contributed by atoms with Gasteiger partial charge in [0, 0.05) is 52.3 Å². The van der Waals surface area contributed by atoms with E-state index in [4.69, 9.17) is 18.9 Å². The molecule has 0 spiro atoms. The van der Waals surface area contributed by atoms with E-state index in [2.05, 4.69) is 50.6 Å². The third-order valence-corrected chi connectivity index (χ3v) is 14.9. The molecule has 27 nitrogen and oxygen atoms in total. The maximum absolute atomic E-state index is 13.4. The molecule has 1 fully saturated rings. The van der Waals surface area contributed by atoms with Crippen molar-refractivity contribution in [3.05, 3.63) is 115 Å². The second-order valence-electron chi connectivity index (χ2n) is 15.9. The molecule has 1 amide bonds. The Morgan fingerprint density at radius 3 is 2.53 bits per heavy atom. The van der Waals surface area contributed by atoms with Crippen molar-refractivity contribution in [2.45, 2.75) is 50.0 Å². The number of aromatic carboxylic acids is 1. The normalized spacial score (nSPS) is 22.1. The van der Waals surface area contributed by atoms with Gasteiger partial charge < -0.3 is 59.6 Å². The van der Waals surface area contributed by atoms with Gasteiger partial charge in [-0.2, -0.15) is 8.62 Å². The number of benzene rings is 4. The summed E-state index contributed by atoms with van der Waals surface area (Å²) in [5, 5.41) is 49.2. The number of phenolic OH excluding ortho intramolecular Hbond substituents is 1. The molecule has 4 aliphatic heterocycles. The van der Waals surface area contributed by atoms with Gasteiger partial charge in [-0.25, -0.2) is 23.5 Å². The van der Waals surface area contributed by atoms with Crippen LogP contribution in [-0.4, -0.2) is 119 Å². The molecule has 8 atom stereocenters. The molecular formula is C42H38N7O20P3. The molecule has 8 rings (SSSR count). The molecule has 1 saturated heterocycles. The zero-order valence-corrected chi connectivity index (χ0v) is 39.4. The van der Waals surface area contributed by atoms with Crippen LogP contribution in [0.5, 0.6) is 5.75 Å². The lowest BCUT2D eigenvalue weighted by Crippen LogP contribution is -2.50. The quantitative estimate of drug-likeness (QED) is 0.0238. The number of aliphatic hydroxyl groups excluding tert-OH is 1. The number of phosphoric ester groups is 1. The maximum Gasteiger partial charge on any atom is 0.490 e. The van der Waals surface area contributed by atoms with Crippen LogP contribution < -0.4 is 16.1 Å². The van der Waals surface area contributed by atoms with E-state index in [0.717, 1.165) is 0 Å². The number of carbonyl (C=O) groups excluding carboxylic acids is 1. The molecule has 30 heteroatoms. The number of hydrogen-bond acceptors (Lipinski definition) is 19. The molecule has 376 valence electrons. The van der Waals surface area contributed by atoms with Crippen LogP contribution in [0.2, 0.25) is 0 Å². The van der Waals surface area contributed by atoms with Crippen molar-refractivity contribution in [2.24, 2.45) is 15.0 Å². The molecule has 0 radical (unpaired) electrons. The van der Waals surface area contributed by atoms with Crippen LogP contribution in [0.1, 0.15) is 51.2 Å². The summed E-state index contributed by atoms with van der Waals surface area (Å²) in [5.74, 6) is 3.85. The minimum absolute atomic E-state index is 0.0581. The van der Waals surface area contributed by atoms with Gasteiger partial charge in [0.05, 0.1) is 54.0 Å². The van der Waals surface area contributed by atoms with E-state index in [9.17, 15) is 63.3 Å². The molecule has 4 heterocycles. The van der Waals surface area contributed by atoms with E-state index < -0.39 is 83.6 Å². The molecule has 3 aromatic carbocycles. The first-order chi connectivity index (χ1) is 34.0. The highest BCUT2D eigenvalue weighted by Crippen LogP contribution is 2.66. The molecule has 5 unspecified atom stereocenters. The minimum atomic E-state index is -5.78. The highest BCUT2D eigenvalue weighted by molar-refractivity contribution is 7.66. The zero-order chi connectivity index (χ0) is 51.9. The Morgan fingerprint density at radius 2 is 1.79 bits per heavy atom. The number of phenols is 1. The number of carboxylic acids is 1. The largest absolute Gasteiger partial charge is 0.508 e. The number of nitrogens with zero attached hydrogens (tertiary/aromatic N) is 5. The van der Waals surface area contributed by atoms with E-state index in [1.54, 1.807) is 6.92 Å². The maximum atomic E-state index is 13.4. The number of carbonyl (C=O) groups is 2. The summed E-state index contributed by atoms with van der Waals surface area (Å²) >= 11 is 0. The standard InChI is InChI=1S/C42H38N7O20P3/c1-21(47-39-38-40(45-19-44-39)48(20-46-38)36-17-32(52)35(67-36)18-65-71(61,62)69-72(63,64)68-70(58,59)60)26-8-4-22(13-31(26)49(56)57)3-2-12-43-41(53)23-5-9-27(42(54)55)30(14-23)37-28-10-6-24(50)15-33(28)66-34-16-25(51)7-11-29(34)37/h4-11,13-16,19-21,32,35-36,38,40,50,52H,12,17-18H2,1H3,(H,43,53)(H,54,55)(H,61,62)(H,63,64)(H,44,45,47)(H2,58,59,60)/t21?,32-,35+,36+,38?,40?/m0/s1. The van der Waals surface area contributed by atoms with Gasteiger partial charge in [0.25, 0.3) is 11.6 Å². The second-order valence-corrected chi connectivity index (χ2v) is 20.3. The highest BCUT2D eigenvalue weighted by atomic mass is 31.3. The van der Waals surface area contributed by atoms with Crippen molar-refractivity contribution < 1.29 is 85.4 Å². The van der Waals surface area contributed by atoms with E-state index >= 15 is 0 Å². The number of rotatable bonds is 15. The molecule has 3 aromatic rings. The molecule has 1 aliphatic carbocycles. The van der Waals surface area contributed by atoms with Gasteiger partial charge in [-0.05, 0) is 67.1 Å². The van der Waals surface area contributed by atoms with Gasteiger partial charge >= 0.3 is 29.4 Å². The number of nitro groups is 1. The fourth-order valence-corrected chi connectivity index (χ4v) is 11.0. The van der Waals surface area contributed by atoms with Crippen molar-refractivity contribution in [1.29, 1.82) is 0 Å². The summed E-state index contributed by atoms with van der Waals surface area (Å²) in [5.41, 5.74) is 0.637. The molecule has 9 N–H and O–H groups in total. The lowest BCUT2D eigenvalue weighted by atomic mass is 9.89. The fraction of sp³-hybridized carbons (Fsp3) is 0.238. The SMILES string of the molecule is CC(N=C1NC=NC2C1N=CN2[C@H]1C[C@H](O)[C@@H](COP(=O)(O)OP(=O)(O)OP(=O)(O)O)O1)c1ccc(C#CCNC(=O)c2ccc(C(=O)O)c(-c3c4ccc(=O)cc-4oc4cc(O)ccc34)c2)cc1[N+](=O)[O-]. The highest BCUT2D eigenvalue weighted by Gasteiger charge is 2.47. The first kappa shape index (κ1) is 51.3. The molecule has 72 heavy (non-hydrogen) atoms. The van der Waals surface area contributed by atoms with Crippen molar-refractivity contribution in [1.82, 2.24) is 15.5 Å². The predicted octanol–water partition coefficient (Wildman–Crippen LogP) is 3.61. The molecule has 0 aromatic heterocycles. The Balaban J connectivity index is 0.920. The van der Waals surface area contributed by atoms with Crippen molar-refractivity contribution in [2.75, 3.05) is 13.2 Å². The van der Waals surface area contributed by atoms with Crippen molar-refractivity contribution in [3.8, 4) is 40.0 Å². The van der Waals surface area contributed by atoms with Crippen LogP contribution in [-0.2, 0) is 31.6 Å². The fourth-order valence-electron chi connectivity index (χ4n) is 7.98. The van der Waals surface area contributed by atoms with Gasteiger partial charge in [0.15, 0.2) is 11.6 Å². The summed E-state index contributed by atoms with van der Waals surface area (Å²) in [7, 11) is -16.9. The lowest BCUT2D eigenvalue weighted by molar-refractivity contribution is -0.385. The number of aliphatic hydroxyl groups is 1. The number of amides is 1. The second kappa shape index (κ2) is 20.2. The third-order valence-electron chi connectivity index (χ3n) is 11.1. The average Bonchev–Trinajstić information content (AvgIpc) is 3.90. The Labute approximate surface area is 404 Å². The predicted molar refractivity (Wildman–Crippen MR) is 250 cm³/mol. The van der Waals surface area contributed by atoms with E-state index in [-0.39, 0.29) is 74.8 Å². The summed E-state index contributed by atoms with van der Waals surface area (Å²) in [4.78, 5) is 102. The number of hydrogen-bond donors (Lipinski definition) is 9. The van der Waals surface area contributed by atoms with Gasteiger partial charge in [-0.3, -0.25) is 34.2 Å². The van der Waals surface area contributed by atoms with Crippen LogP contribution in [0.4, 0.5) is 5.69 Å². The molecular weight excluding hydrogens is 1020 g/mol. The molecule has 5 aliphatic rings. The van der Waals surface area contributed by atoms with Gasteiger partial charge in [0.2, 0.25) is 0 Å². The van der Waals surface area contributed by atoms with E-state index in [1.165, 1.54) is 90.4 Å². The lowest BCUT2D eigenvalue weighted by Gasteiger charge is -2.32. The number of fused-ring (bicyclic) bond motifs is 3.